The van der Waals surface area contributed by atoms with Gasteiger partial charge in [-0.1, -0.05) is 12.1 Å². The van der Waals surface area contributed by atoms with Gasteiger partial charge in [-0.15, -0.1) is 0 Å². The molecule has 0 aliphatic heterocycles. The molecule has 60 valence electrons. The highest BCUT2D eigenvalue weighted by Crippen LogP contribution is 2.09. The van der Waals surface area contributed by atoms with Gasteiger partial charge in [-0.2, -0.15) is 0 Å². The van der Waals surface area contributed by atoms with Crippen LogP contribution in [-0.2, 0) is 6.42 Å². The van der Waals surface area contributed by atoms with Crippen molar-refractivity contribution in [1.29, 1.82) is 0 Å². The molecule has 2 heteroatoms. The van der Waals surface area contributed by atoms with Crippen LogP contribution in [-0.4, -0.2) is 13.6 Å². The third-order valence-corrected chi connectivity index (χ3v) is 1.65. The van der Waals surface area contributed by atoms with Crippen molar-refractivity contribution in [3.63, 3.8) is 0 Å². The average molecular weight is 150 g/mol. The van der Waals surface area contributed by atoms with Crippen molar-refractivity contribution in [1.82, 2.24) is 0 Å². The maximum absolute atomic E-state index is 5.43. The van der Waals surface area contributed by atoms with Crippen LogP contribution in [0.25, 0.3) is 0 Å². The van der Waals surface area contributed by atoms with Crippen molar-refractivity contribution in [3.8, 4) is 0 Å². The molecule has 0 saturated heterocycles. The topological polar surface area (TPSA) is 38.0 Å². The van der Waals surface area contributed by atoms with Crippen LogP contribution in [0.5, 0.6) is 0 Å². The van der Waals surface area contributed by atoms with Crippen LogP contribution in [0.4, 0.5) is 5.69 Å². The van der Waals surface area contributed by atoms with Crippen molar-refractivity contribution in [2.45, 2.75) is 6.42 Å². The van der Waals surface area contributed by atoms with E-state index in [2.05, 4.69) is 17.4 Å². The van der Waals surface area contributed by atoms with Crippen molar-refractivity contribution in [2.75, 3.05) is 18.9 Å². The average Bonchev–Trinajstić information content (AvgIpc) is 2.06. The maximum Gasteiger partial charge on any atom is 0.0340 e. The predicted molar refractivity (Wildman–Crippen MR) is 48.7 cm³/mol. The van der Waals surface area contributed by atoms with E-state index in [0.717, 1.165) is 12.1 Å². The molecule has 11 heavy (non-hydrogen) atoms. The van der Waals surface area contributed by atoms with E-state index in [9.17, 15) is 0 Å². The number of hydrogen-bond acceptors (Lipinski definition) is 2. The van der Waals surface area contributed by atoms with Gasteiger partial charge >= 0.3 is 0 Å². The Hall–Kier alpha value is -1.02. The van der Waals surface area contributed by atoms with Gasteiger partial charge in [0.25, 0.3) is 0 Å². The first-order valence-corrected chi connectivity index (χ1v) is 3.83. The first-order valence-electron chi connectivity index (χ1n) is 3.83. The highest BCUT2D eigenvalue weighted by Gasteiger charge is 1.91. The third kappa shape index (κ3) is 2.24. The summed E-state index contributed by atoms with van der Waals surface area (Å²) in [6, 6.07) is 8.29. The number of nitrogens with two attached hydrogens (primary N) is 1. The second-order valence-electron chi connectivity index (χ2n) is 2.49. The molecule has 0 unspecified atom stereocenters. The molecule has 0 aromatic heterocycles. The minimum Gasteiger partial charge on any atom is -0.388 e. The first-order chi connectivity index (χ1) is 5.36. The second-order valence-corrected chi connectivity index (χ2v) is 2.49. The molecule has 0 atom stereocenters. The SMILES string of the molecule is CNc1cccc(CCN)c1. The van der Waals surface area contributed by atoms with Gasteiger partial charge in [0, 0.05) is 12.7 Å². The molecule has 0 aliphatic carbocycles. The molecular formula is C9H14N2. The lowest BCUT2D eigenvalue weighted by molar-refractivity contribution is 0.969. The Morgan fingerprint density at radius 2 is 2.27 bits per heavy atom. The standard InChI is InChI=1S/C9H14N2/c1-11-9-4-2-3-8(7-9)5-6-10/h2-4,7,11H,5-6,10H2,1H3. The van der Waals surface area contributed by atoms with E-state index in [-0.39, 0.29) is 0 Å². The van der Waals surface area contributed by atoms with Gasteiger partial charge in [-0.3, -0.25) is 0 Å². The number of hydrogen-bond donors (Lipinski definition) is 2. The zero-order valence-corrected chi connectivity index (χ0v) is 6.80. The van der Waals surface area contributed by atoms with Gasteiger partial charge in [-0.05, 0) is 30.7 Å². The molecule has 0 aliphatic rings. The zero-order chi connectivity index (χ0) is 8.10. The Morgan fingerprint density at radius 3 is 2.91 bits per heavy atom. The molecule has 0 amide bonds. The second kappa shape index (κ2) is 3.98. The van der Waals surface area contributed by atoms with Crippen LogP contribution in [0.15, 0.2) is 24.3 Å². The molecule has 0 heterocycles. The quantitative estimate of drug-likeness (QED) is 0.680. The van der Waals surface area contributed by atoms with Crippen LogP contribution >= 0.6 is 0 Å². The predicted octanol–water partition coefficient (Wildman–Crippen LogP) is 1.23. The summed E-state index contributed by atoms with van der Waals surface area (Å²) >= 11 is 0. The Kier molecular flexibility index (Phi) is 2.93. The number of benzene rings is 1. The fourth-order valence-electron chi connectivity index (χ4n) is 1.05. The molecular weight excluding hydrogens is 136 g/mol. The molecule has 3 N–H and O–H groups in total. The lowest BCUT2D eigenvalue weighted by Gasteiger charge is -2.02. The summed E-state index contributed by atoms with van der Waals surface area (Å²) in [5.74, 6) is 0. The smallest absolute Gasteiger partial charge is 0.0340 e. The Morgan fingerprint density at radius 1 is 1.45 bits per heavy atom. The molecule has 2 nitrogen and oxygen atoms in total. The number of anilines is 1. The Balaban J connectivity index is 2.74. The van der Waals surface area contributed by atoms with E-state index in [1.54, 1.807) is 0 Å². The van der Waals surface area contributed by atoms with Crippen molar-refractivity contribution < 1.29 is 0 Å². The maximum atomic E-state index is 5.43. The summed E-state index contributed by atoms with van der Waals surface area (Å²) in [5.41, 5.74) is 7.87. The van der Waals surface area contributed by atoms with E-state index in [1.165, 1.54) is 5.56 Å². The van der Waals surface area contributed by atoms with Gasteiger partial charge in [0.15, 0.2) is 0 Å². The molecule has 0 radical (unpaired) electrons. The normalized spacial score (nSPS) is 9.64. The van der Waals surface area contributed by atoms with Crippen molar-refractivity contribution in [3.05, 3.63) is 29.8 Å². The highest BCUT2D eigenvalue weighted by atomic mass is 14.8. The van der Waals surface area contributed by atoms with Crippen LogP contribution in [0.2, 0.25) is 0 Å². The first kappa shape index (κ1) is 8.08. The summed E-state index contributed by atoms with van der Waals surface area (Å²) in [6.45, 7) is 0.715. The molecule has 0 spiro atoms. The summed E-state index contributed by atoms with van der Waals surface area (Å²) in [6.07, 6.45) is 0.954. The van der Waals surface area contributed by atoms with Gasteiger partial charge < -0.3 is 11.1 Å². The lowest BCUT2D eigenvalue weighted by Crippen LogP contribution is -2.02. The monoisotopic (exact) mass is 150 g/mol. The van der Waals surface area contributed by atoms with Crippen LogP contribution in [0.3, 0.4) is 0 Å². The molecule has 1 rings (SSSR count). The lowest BCUT2D eigenvalue weighted by atomic mass is 10.1. The van der Waals surface area contributed by atoms with E-state index >= 15 is 0 Å². The van der Waals surface area contributed by atoms with E-state index in [0.29, 0.717) is 6.54 Å². The van der Waals surface area contributed by atoms with Crippen LogP contribution in [0, 0.1) is 0 Å². The summed E-state index contributed by atoms with van der Waals surface area (Å²) < 4.78 is 0. The molecule has 1 aromatic rings. The van der Waals surface area contributed by atoms with Crippen molar-refractivity contribution in [2.24, 2.45) is 5.73 Å². The summed E-state index contributed by atoms with van der Waals surface area (Å²) in [5, 5.41) is 3.08. The molecule has 0 fully saturated rings. The largest absolute Gasteiger partial charge is 0.388 e. The van der Waals surface area contributed by atoms with Gasteiger partial charge in [0.2, 0.25) is 0 Å². The number of rotatable bonds is 3. The van der Waals surface area contributed by atoms with Crippen LogP contribution < -0.4 is 11.1 Å². The van der Waals surface area contributed by atoms with Gasteiger partial charge in [0.1, 0.15) is 0 Å². The number of nitrogens with one attached hydrogen (secondary N) is 1. The summed E-state index contributed by atoms with van der Waals surface area (Å²) in [7, 11) is 1.92. The highest BCUT2D eigenvalue weighted by molar-refractivity contribution is 5.44. The Labute approximate surface area is 67.4 Å². The molecule has 1 aromatic carbocycles. The third-order valence-electron chi connectivity index (χ3n) is 1.65. The van der Waals surface area contributed by atoms with Crippen LogP contribution in [0.1, 0.15) is 5.56 Å². The van der Waals surface area contributed by atoms with Gasteiger partial charge in [-0.25, -0.2) is 0 Å². The zero-order valence-electron chi connectivity index (χ0n) is 6.80. The van der Waals surface area contributed by atoms with Gasteiger partial charge in [0.05, 0.1) is 0 Å². The van der Waals surface area contributed by atoms with Crippen molar-refractivity contribution >= 4 is 5.69 Å². The van der Waals surface area contributed by atoms with E-state index in [4.69, 9.17) is 5.73 Å². The molecule has 0 bridgehead atoms. The fourth-order valence-corrected chi connectivity index (χ4v) is 1.05. The minimum absolute atomic E-state index is 0.715. The summed E-state index contributed by atoms with van der Waals surface area (Å²) in [4.78, 5) is 0. The minimum atomic E-state index is 0.715. The fraction of sp³-hybridized carbons (Fsp3) is 0.333. The molecule has 0 saturated carbocycles. The Bertz CT molecular complexity index is 221. The van der Waals surface area contributed by atoms with E-state index in [1.807, 2.05) is 19.2 Å². The van der Waals surface area contributed by atoms with E-state index < -0.39 is 0 Å².